The van der Waals surface area contributed by atoms with Crippen molar-refractivity contribution in [3.05, 3.63) is 228 Å². The fraction of sp³-hybridized carbons (Fsp3) is 0.324. The van der Waals surface area contributed by atoms with Crippen LogP contribution in [0.1, 0.15) is 110 Å². The van der Waals surface area contributed by atoms with E-state index in [-0.39, 0.29) is 102 Å². The number of ether oxygens (including phenoxy) is 2. The third-order valence-electron chi connectivity index (χ3n) is 18.5. The maximum absolute atomic E-state index is 13.8. The van der Waals surface area contributed by atoms with Crippen molar-refractivity contribution in [1.29, 1.82) is 0 Å². The first-order chi connectivity index (χ1) is 39.1. The van der Waals surface area contributed by atoms with Crippen molar-refractivity contribution in [3.63, 3.8) is 0 Å². The quantitative estimate of drug-likeness (QED) is 0.118. The first-order valence-electron chi connectivity index (χ1n) is 29.4. The summed E-state index contributed by atoms with van der Waals surface area (Å²) in [5.74, 6) is 7.04. The van der Waals surface area contributed by atoms with Gasteiger partial charge in [0.1, 0.15) is 11.5 Å². The molecule has 8 saturated carbocycles. The molecule has 424 valence electrons. The first kappa shape index (κ1) is 66.3. The standard InChI is InChI=1S/2C31H33NO2.2C6H6.2BrH.2Mg/c2*1-20-11-24(19-32-28-9-5-3-7-25(28)26-8-4-6-10-29(26)34-2)30(33)27(12-20)31-16-21-13-22(17-31)15-23(14-21)18-31;2*1-2-4-6-5-3-1;;;;/h2*3-12,19,21-23,33H,13-18H2,1-2H3;2*1-6H;2*1H;;/q;;;;;;2*+2/p-2. The zero-order valence-electron chi connectivity index (χ0n) is 49.4. The van der Waals surface area contributed by atoms with Gasteiger partial charge in [0.05, 0.1) is 25.3 Å². The number of hydrogen-bond acceptors (Lipinski definition) is 4. The zero-order chi connectivity index (χ0) is 55.1. The Balaban J connectivity index is 0.000000193. The van der Waals surface area contributed by atoms with E-state index in [1.807, 2.05) is 158 Å². The normalized spacial score (nSPS) is 23.3. The third kappa shape index (κ3) is 15.1. The Labute approximate surface area is 552 Å². The van der Waals surface area contributed by atoms with E-state index in [0.717, 1.165) is 103 Å². The van der Waals surface area contributed by atoms with Crippen LogP contribution in [0.15, 0.2) is 194 Å². The molecule has 8 aromatic rings. The minimum absolute atomic E-state index is 0. The zero-order valence-corrected chi connectivity index (χ0v) is 55.4. The number of rotatable bonds is 10. The molecule has 84 heavy (non-hydrogen) atoms. The smallest absolute Gasteiger partial charge is 1.00 e. The van der Waals surface area contributed by atoms with Crippen LogP contribution in [0, 0.1) is 49.4 Å². The Kier molecular flexibility index (Phi) is 24.0. The molecule has 8 aliphatic carbocycles. The SMILES string of the molecule is COc1ccccc1-c1ccccc1[NH+]=Cc1cc(C)cc(C23CC4CC(CC(C4)C2)C3)c1[O-].COc1ccccc1-c1ccccc1[NH+]=Cc1cc(C)cc(C23CC4CC(CC(C4)C2)C3)c1[O-].[Br-].[Br-].[Mg+2].[Mg+2].c1ccccc1.c1ccccc1. The summed E-state index contributed by atoms with van der Waals surface area (Å²) in [4.78, 5) is 6.94. The van der Waals surface area contributed by atoms with E-state index in [9.17, 15) is 10.2 Å². The van der Waals surface area contributed by atoms with Gasteiger partial charge in [0, 0.05) is 34.4 Å². The molecular weight excluding hydrogens is 1190 g/mol. The van der Waals surface area contributed by atoms with Gasteiger partial charge in [-0.2, -0.15) is 0 Å². The topological polar surface area (TPSA) is 92.5 Å². The van der Waals surface area contributed by atoms with Crippen molar-refractivity contribution in [2.24, 2.45) is 35.5 Å². The summed E-state index contributed by atoms with van der Waals surface area (Å²) in [6.07, 6.45) is 19.4. The number of hydrogen-bond donors (Lipinski definition) is 2. The second-order valence-corrected chi connectivity index (χ2v) is 24.2. The molecule has 0 amide bonds. The molecule has 8 aliphatic rings. The Morgan fingerprint density at radius 2 is 0.643 bits per heavy atom. The van der Waals surface area contributed by atoms with Gasteiger partial charge in [-0.05, 0) is 185 Å². The predicted molar refractivity (Wildman–Crippen MR) is 334 cm³/mol. The number of halogens is 2. The summed E-state index contributed by atoms with van der Waals surface area (Å²) in [5.41, 5.74) is 12.4. The van der Waals surface area contributed by atoms with Gasteiger partial charge in [-0.1, -0.05) is 168 Å². The van der Waals surface area contributed by atoms with Crippen molar-refractivity contribution in [2.75, 3.05) is 14.2 Å². The molecule has 0 unspecified atom stereocenters. The first-order valence-corrected chi connectivity index (χ1v) is 29.4. The van der Waals surface area contributed by atoms with Crippen molar-refractivity contribution in [2.45, 2.75) is 102 Å². The van der Waals surface area contributed by atoms with Gasteiger partial charge >= 0.3 is 46.1 Å². The summed E-state index contributed by atoms with van der Waals surface area (Å²) in [7, 11) is 3.40. The molecule has 8 aromatic carbocycles. The van der Waals surface area contributed by atoms with Crippen molar-refractivity contribution in [1.82, 2.24) is 0 Å². The summed E-state index contributed by atoms with van der Waals surface area (Å²) >= 11 is 0. The second kappa shape index (κ2) is 30.4. The molecular formula is C74H78Br2Mg2N2O4+2. The van der Waals surface area contributed by atoms with Gasteiger partial charge in [0.2, 0.25) is 11.4 Å². The number of para-hydroxylation sites is 4. The molecule has 0 aromatic heterocycles. The van der Waals surface area contributed by atoms with E-state index in [0.29, 0.717) is 0 Å². The summed E-state index contributed by atoms with van der Waals surface area (Å²) in [6.45, 7) is 4.26. The average molecular weight is 1270 g/mol. The van der Waals surface area contributed by atoms with E-state index >= 15 is 0 Å². The molecule has 0 radical (unpaired) electrons. The van der Waals surface area contributed by atoms with E-state index in [1.54, 1.807) is 14.2 Å². The van der Waals surface area contributed by atoms with Crippen molar-refractivity contribution in [3.8, 4) is 45.3 Å². The van der Waals surface area contributed by atoms with Crippen LogP contribution in [0.4, 0.5) is 11.4 Å². The van der Waals surface area contributed by atoms with Crippen molar-refractivity contribution >= 4 is 69.9 Å². The number of nitrogens with one attached hydrogen (secondary N) is 2. The molecule has 16 rings (SSSR count). The van der Waals surface area contributed by atoms with E-state index in [1.165, 1.54) is 88.2 Å². The summed E-state index contributed by atoms with van der Waals surface area (Å²) in [5, 5.41) is 27.6. The van der Waals surface area contributed by atoms with Gasteiger partial charge < -0.3 is 53.6 Å². The van der Waals surface area contributed by atoms with E-state index in [4.69, 9.17) is 9.47 Å². The summed E-state index contributed by atoms with van der Waals surface area (Å²) in [6, 6.07) is 64.9. The van der Waals surface area contributed by atoms with Crippen molar-refractivity contribution < 1.29 is 63.6 Å². The molecule has 0 aliphatic heterocycles. The molecule has 2 N–H and O–H groups in total. The number of methoxy groups -OCH3 is 2. The second-order valence-electron chi connectivity index (χ2n) is 24.2. The molecule has 6 nitrogen and oxygen atoms in total. The van der Waals surface area contributed by atoms with Gasteiger partial charge in [-0.15, -0.1) is 0 Å². The Bertz CT molecular complexity index is 3110. The Morgan fingerprint density at radius 1 is 0.381 bits per heavy atom. The maximum atomic E-state index is 13.8. The van der Waals surface area contributed by atoms with Crippen LogP contribution in [-0.4, -0.2) is 72.8 Å². The van der Waals surface area contributed by atoms with Crippen LogP contribution in [0.2, 0.25) is 0 Å². The predicted octanol–water partition coefficient (Wildman–Crippen LogP) is 6.71. The maximum Gasteiger partial charge on any atom is 2.00 e. The van der Waals surface area contributed by atoms with E-state index in [2.05, 4.69) is 72.4 Å². The molecule has 8 fully saturated rings. The van der Waals surface area contributed by atoms with Gasteiger partial charge in [0.25, 0.3) is 0 Å². The Morgan fingerprint density at radius 3 is 0.929 bits per heavy atom. The third-order valence-corrected chi connectivity index (χ3v) is 18.5. The van der Waals surface area contributed by atoms with Gasteiger partial charge in [-0.25, -0.2) is 9.98 Å². The van der Waals surface area contributed by atoms with Crippen LogP contribution < -0.4 is 63.6 Å². The minimum Gasteiger partial charge on any atom is -1.00 e. The van der Waals surface area contributed by atoms with Gasteiger partial charge in [0.15, 0.2) is 12.4 Å². The molecule has 0 atom stereocenters. The van der Waals surface area contributed by atoms with Crippen LogP contribution >= 0.6 is 0 Å². The van der Waals surface area contributed by atoms with Crippen LogP contribution in [0.3, 0.4) is 0 Å². The average Bonchev–Trinajstić information content (AvgIpc) is 1.01. The molecule has 0 heterocycles. The molecule has 0 spiro atoms. The van der Waals surface area contributed by atoms with Crippen LogP contribution in [0.25, 0.3) is 22.3 Å². The summed E-state index contributed by atoms with van der Waals surface area (Å²) < 4.78 is 11.2. The number of benzene rings is 8. The minimum atomic E-state index is 0. The Hall–Kier alpha value is -5.21. The molecule has 0 saturated heterocycles. The van der Waals surface area contributed by atoms with Crippen LogP contribution in [-0.2, 0) is 10.8 Å². The fourth-order valence-corrected chi connectivity index (χ4v) is 16.0. The van der Waals surface area contributed by atoms with Gasteiger partial charge in [-0.3, -0.25) is 0 Å². The largest absolute Gasteiger partial charge is 2.00 e. The molecule has 10 heteroatoms. The molecule has 8 bridgehead atoms. The van der Waals surface area contributed by atoms with E-state index < -0.39 is 0 Å². The number of aryl methyl sites for hydroxylation is 2. The monoisotopic (exact) mass is 1260 g/mol. The van der Waals surface area contributed by atoms with Crippen LogP contribution in [0.5, 0.6) is 23.0 Å². The fourth-order valence-electron chi connectivity index (χ4n) is 16.0.